The molecule has 1 aromatic rings. The topological polar surface area (TPSA) is 97.9 Å². The fraction of sp³-hybridized carbons (Fsp3) is 0.667. The van der Waals surface area contributed by atoms with Crippen LogP contribution in [0, 0.1) is 5.92 Å². The summed E-state index contributed by atoms with van der Waals surface area (Å²) in [5.41, 5.74) is 10.1. The molecular formula is C21H33N5O3. The molecule has 8 nitrogen and oxygen atoms in total. The van der Waals surface area contributed by atoms with Crippen LogP contribution in [0.25, 0.3) is 0 Å². The van der Waals surface area contributed by atoms with Gasteiger partial charge in [0.05, 0.1) is 12.0 Å². The SMILES string of the molecule is CCC1NC(c2ccc3c(c2)CC[C@H]3NC(=O)C2CN(CCCO)NC2C)NO1. The minimum atomic E-state index is -0.0768. The number of hydroxylamine groups is 1. The van der Waals surface area contributed by atoms with Gasteiger partial charge in [-0.05, 0) is 49.3 Å². The lowest BCUT2D eigenvalue weighted by Gasteiger charge is -2.19. The van der Waals surface area contributed by atoms with Crippen molar-refractivity contribution in [3.05, 3.63) is 34.9 Å². The molecule has 0 bridgehead atoms. The molecule has 0 saturated carbocycles. The summed E-state index contributed by atoms with van der Waals surface area (Å²) >= 11 is 0. The first-order valence-electron chi connectivity index (χ1n) is 10.8. The molecule has 5 atom stereocenters. The van der Waals surface area contributed by atoms with Crippen LogP contribution in [0.2, 0.25) is 0 Å². The highest BCUT2D eigenvalue weighted by atomic mass is 16.7. The van der Waals surface area contributed by atoms with Crippen LogP contribution in [0.15, 0.2) is 18.2 Å². The highest BCUT2D eigenvalue weighted by Gasteiger charge is 2.36. The molecule has 29 heavy (non-hydrogen) atoms. The summed E-state index contributed by atoms with van der Waals surface area (Å²) < 4.78 is 0. The van der Waals surface area contributed by atoms with E-state index in [0.717, 1.165) is 25.8 Å². The van der Waals surface area contributed by atoms with E-state index in [9.17, 15) is 4.79 Å². The molecule has 3 aliphatic rings. The van der Waals surface area contributed by atoms with E-state index in [4.69, 9.17) is 9.94 Å². The van der Waals surface area contributed by atoms with Gasteiger partial charge < -0.3 is 10.4 Å². The third kappa shape index (κ3) is 4.47. The van der Waals surface area contributed by atoms with E-state index in [0.29, 0.717) is 13.0 Å². The number of nitrogens with zero attached hydrogens (tertiary/aromatic N) is 1. The van der Waals surface area contributed by atoms with Crippen LogP contribution >= 0.6 is 0 Å². The molecule has 4 rings (SSSR count). The van der Waals surface area contributed by atoms with Crippen molar-refractivity contribution in [2.75, 3.05) is 19.7 Å². The maximum absolute atomic E-state index is 12.9. The highest BCUT2D eigenvalue weighted by Crippen LogP contribution is 2.33. The van der Waals surface area contributed by atoms with Crippen LogP contribution in [0.1, 0.15) is 62.0 Å². The Morgan fingerprint density at radius 1 is 1.41 bits per heavy atom. The number of fused-ring (bicyclic) bond motifs is 1. The molecule has 1 aromatic carbocycles. The minimum absolute atomic E-state index is 0.00853. The number of aliphatic hydroxyl groups excluding tert-OH is 1. The molecule has 2 aliphatic heterocycles. The first kappa shape index (κ1) is 20.7. The Bertz CT molecular complexity index is 730. The van der Waals surface area contributed by atoms with E-state index >= 15 is 0 Å². The predicted octanol–water partition coefficient (Wildman–Crippen LogP) is 0.857. The lowest BCUT2D eigenvalue weighted by atomic mass is 10.00. The second kappa shape index (κ2) is 9.07. The quantitative estimate of drug-likeness (QED) is 0.461. The average Bonchev–Trinajstić information content (AvgIpc) is 3.44. The Morgan fingerprint density at radius 2 is 2.28 bits per heavy atom. The zero-order valence-electron chi connectivity index (χ0n) is 17.3. The molecule has 5 N–H and O–H groups in total. The standard InChI is InChI=1S/C21H33N5O3/c1-3-19-23-20(25-29-19)15-5-7-16-14(11-15)6-8-18(16)22-21(28)17-12-26(9-4-10-27)24-13(17)2/h5,7,11,13,17-20,23-25,27H,3-4,6,8-10,12H2,1-2H3,(H,22,28)/t13?,17?,18-,19?,20?/m1/s1. The molecule has 160 valence electrons. The van der Waals surface area contributed by atoms with Crippen LogP contribution in [0.5, 0.6) is 0 Å². The van der Waals surface area contributed by atoms with Crippen LogP contribution in [0.3, 0.4) is 0 Å². The van der Waals surface area contributed by atoms with Crippen molar-refractivity contribution >= 4 is 5.91 Å². The summed E-state index contributed by atoms with van der Waals surface area (Å²) in [6.45, 7) is 5.74. The molecule has 4 unspecified atom stereocenters. The minimum Gasteiger partial charge on any atom is -0.396 e. The summed E-state index contributed by atoms with van der Waals surface area (Å²) in [6.07, 6.45) is 3.58. The van der Waals surface area contributed by atoms with Gasteiger partial charge in [0.2, 0.25) is 5.91 Å². The molecule has 2 fully saturated rings. The second-order valence-corrected chi connectivity index (χ2v) is 8.34. The van der Waals surface area contributed by atoms with E-state index in [1.54, 1.807) is 0 Å². The monoisotopic (exact) mass is 403 g/mol. The smallest absolute Gasteiger partial charge is 0.226 e. The number of carbonyl (C=O) groups is 1. The van der Waals surface area contributed by atoms with Crippen LogP contribution in [0.4, 0.5) is 0 Å². The second-order valence-electron chi connectivity index (χ2n) is 8.34. The maximum Gasteiger partial charge on any atom is 0.226 e. The number of aryl methyl sites for hydroxylation is 1. The number of aliphatic hydroxyl groups is 1. The molecular weight excluding hydrogens is 370 g/mol. The van der Waals surface area contributed by atoms with Gasteiger partial charge in [0.25, 0.3) is 0 Å². The summed E-state index contributed by atoms with van der Waals surface area (Å²) in [5, 5.41) is 17.8. The van der Waals surface area contributed by atoms with Gasteiger partial charge in [-0.15, -0.1) is 0 Å². The fourth-order valence-electron chi connectivity index (χ4n) is 4.57. The van der Waals surface area contributed by atoms with Gasteiger partial charge in [-0.25, -0.2) is 5.01 Å². The number of rotatable bonds is 7. The molecule has 0 aromatic heterocycles. The number of hydrogen-bond acceptors (Lipinski definition) is 7. The summed E-state index contributed by atoms with van der Waals surface area (Å²) in [7, 11) is 0. The number of benzene rings is 1. The van der Waals surface area contributed by atoms with E-state index in [1.165, 1.54) is 16.7 Å². The number of amides is 1. The van der Waals surface area contributed by atoms with Gasteiger partial charge in [0.15, 0.2) is 0 Å². The average molecular weight is 404 g/mol. The van der Waals surface area contributed by atoms with Crippen molar-refractivity contribution in [3.8, 4) is 0 Å². The van der Waals surface area contributed by atoms with Crippen molar-refractivity contribution in [3.63, 3.8) is 0 Å². The van der Waals surface area contributed by atoms with E-state index < -0.39 is 0 Å². The Hall–Kier alpha value is -1.55. The Morgan fingerprint density at radius 3 is 3.03 bits per heavy atom. The van der Waals surface area contributed by atoms with Gasteiger partial charge in [-0.1, -0.05) is 25.1 Å². The first-order chi connectivity index (χ1) is 14.1. The number of nitrogens with one attached hydrogen (secondary N) is 4. The van der Waals surface area contributed by atoms with Gasteiger partial charge in [0, 0.05) is 25.7 Å². The summed E-state index contributed by atoms with van der Waals surface area (Å²) in [4.78, 5) is 18.4. The molecule has 2 saturated heterocycles. The largest absolute Gasteiger partial charge is 0.396 e. The van der Waals surface area contributed by atoms with E-state index in [1.807, 2.05) is 11.9 Å². The maximum atomic E-state index is 12.9. The molecule has 1 aliphatic carbocycles. The molecule has 0 spiro atoms. The Balaban J connectivity index is 1.37. The lowest BCUT2D eigenvalue weighted by Crippen LogP contribution is -2.39. The van der Waals surface area contributed by atoms with Crippen molar-refractivity contribution in [1.29, 1.82) is 0 Å². The first-order valence-corrected chi connectivity index (χ1v) is 10.8. The Labute approximate surface area is 172 Å². The number of hydrazine groups is 1. The summed E-state index contributed by atoms with van der Waals surface area (Å²) in [6, 6.07) is 6.67. The van der Waals surface area contributed by atoms with Crippen LogP contribution in [-0.4, -0.2) is 48.0 Å². The Kier molecular flexibility index (Phi) is 6.48. The number of carbonyl (C=O) groups excluding carboxylic acids is 1. The van der Waals surface area contributed by atoms with Gasteiger partial charge in [0.1, 0.15) is 12.4 Å². The number of hydrogen-bond donors (Lipinski definition) is 5. The fourth-order valence-corrected chi connectivity index (χ4v) is 4.57. The van der Waals surface area contributed by atoms with Gasteiger partial charge in [-0.3, -0.25) is 20.4 Å². The zero-order chi connectivity index (χ0) is 20.4. The normalized spacial score (nSPS) is 31.9. The molecule has 0 radical (unpaired) electrons. The lowest BCUT2D eigenvalue weighted by molar-refractivity contribution is -0.125. The molecule has 2 heterocycles. The van der Waals surface area contributed by atoms with E-state index in [-0.39, 0.29) is 42.9 Å². The highest BCUT2D eigenvalue weighted by molar-refractivity contribution is 5.80. The van der Waals surface area contributed by atoms with Gasteiger partial charge in [-0.2, -0.15) is 5.48 Å². The third-order valence-corrected chi connectivity index (χ3v) is 6.28. The summed E-state index contributed by atoms with van der Waals surface area (Å²) in [5.74, 6) is 0.0313. The van der Waals surface area contributed by atoms with Crippen LogP contribution in [-0.2, 0) is 16.1 Å². The third-order valence-electron chi connectivity index (χ3n) is 6.28. The van der Waals surface area contributed by atoms with Crippen molar-refractivity contribution in [2.24, 2.45) is 5.92 Å². The molecule has 8 heteroatoms. The van der Waals surface area contributed by atoms with Crippen molar-refractivity contribution < 1.29 is 14.7 Å². The van der Waals surface area contributed by atoms with E-state index in [2.05, 4.69) is 46.7 Å². The van der Waals surface area contributed by atoms with Gasteiger partial charge >= 0.3 is 0 Å². The van der Waals surface area contributed by atoms with Crippen LogP contribution < -0.4 is 21.5 Å². The van der Waals surface area contributed by atoms with Crippen molar-refractivity contribution in [1.82, 2.24) is 26.5 Å². The zero-order valence-corrected chi connectivity index (χ0v) is 17.3. The predicted molar refractivity (Wildman–Crippen MR) is 109 cm³/mol. The van der Waals surface area contributed by atoms with Crippen molar-refractivity contribution in [2.45, 2.75) is 64.0 Å². The molecule has 1 amide bonds.